The van der Waals surface area contributed by atoms with Crippen molar-refractivity contribution in [2.75, 3.05) is 7.05 Å². The van der Waals surface area contributed by atoms with Gasteiger partial charge in [-0.15, -0.1) is 5.10 Å². The fourth-order valence-corrected chi connectivity index (χ4v) is 3.61. The van der Waals surface area contributed by atoms with E-state index in [1.54, 1.807) is 30.1 Å². The van der Waals surface area contributed by atoms with Gasteiger partial charge in [-0.2, -0.15) is 5.10 Å². The summed E-state index contributed by atoms with van der Waals surface area (Å²) in [7, 11) is 1.76. The van der Waals surface area contributed by atoms with E-state index in [4.69, 9.17) is 0 Å². The first-order chi connectivity index (χ1) is 15.0. The van der Waals surface area contributed by atoms with Crippen molar-refractivity contribution in [1.29, 1.82) is 0 Å². The number of fused-ring (bicyclic) bond motifs is 1. The molecule has 0 aliphatic heterocycles. The molecule has 0 aliphatic rings. The molecule has 0 atom stereocenters. The van der Waals surface area contributed by atoms with Gasteiger partial charge in [0.05, 0.1) is 23.3 Å². The number of aryl methyl sites for hydroxylation is 2. The topological polar surface area (TPSA) is 85.9 Å². The van der Waals surface area contributed by atoms with E-state index < -0.39 is 0 Å². The highest BCUT2D eigenvalue weighted by molar-refractivity contribution is 5.77. The molecule has 0 saturated carbocycles. The molecule has 2 aromatic carbocycles. The van der Waals surface area contributed by atoms with E-state index in [1.165, 1.54) is 4.68 Å². The Morgan fingerprint density at radius 3 is 2.52 bits per heavy atom. The third-order valence-electron chi connectivity index (χ3n) is 5.43. The highest BCUT2D eigenvalue weighted by Crippen LogP contribution is 2.19. The molecule has 8 nitrogen and oxygen atoms in total. The molecule has 4 aromatic rings. The van der Waals surface area contributed by atoms with E-state index in [0.29, 0.717) is 17.4 Å². The number of hydrogen-bond acceptors (Lipinski definition) is 5. The monoisotopic (exact) mass is 416 g/mol. The number of nitrogens with zero attached hydrogens (tertiary/aromatic N) is 6. The van der Waals surface area contributed by atoms with Gasteiger partial charge in [-0.25, -0.2) is 9.36 Å². The normalized spacial score (nSPS) is 11.1. The average Bonchev–Trinajstić information content (AvgIpc) is 3.07. The summed E-state index contributed by atoms with van der Waals surface area (Å²) in [4.78, 5) is 26.9. The van der Waals surface area contributed by atoms with Gasteiger partial charge < -0.3 is 4.90 Å². The van der Waals surface area contributed by atoms with Crippen molar-refractivity contribution in [3.05, 3.63) is 81.9 Å². The van der Waals surface area contributed by atoms with Crippen LogP contribution in [0.25, 0.3) is 16.6 Å². The summed E-state index contributed by atoms with van der Waals surface area (Å²) < 4.78 is 3.14. The molecule has 8 heteroatoms. The summed E-state index contributed by atoms with van der Waals surface area (Å²) in [6.45, 7) is 4.58. The summed E-state index contributed by atoms with van der Waals surface area (Å²) in [5, 5.41) is 13.2. The number of hydrogen-bond donors (Lipinski definition) is 0. The van der Waals surface area contributed by atoms with Crippen LogP contribution in [0.5, 0.6) is 0 Å². The SMILES string of the molecule is Cc1nn(-c2ccccc2)c(C)c1CN(C)C(=O)CCn1nnc2ccccc2c1=O. The Balaban J connectivity index is 1.46. The maximum absolute atomic E-state index is 12.7. The summed E-state index contributed by atoms with van der Waals surface area (Å²) in [5.41, 5.74) is 4.20. The van der Waals surface area contributed by atoms with E-state index in [-0.39, 0.29) is 24.4 Å². The lowest BCUT2D eigenvalue weighted by molar-refractivity contribution is -0.130. The maximum Gasteiger partial charge on any atom is 0.277 e. The first-order valence-electron chi connectivity index (χ1n) is 10.1. The summed E-state index contributed by atoms with van der Waals surface area (Å²) in [6.07, 6.45) is 0.161. The van der Waals surface area contributed by atoms with Crippen molar-refractivity contribution in [1.82, 2.24) is 29.7 Å². The van der Waals surface area contributed by atoms with Gasteiger partial charge in [0.15, 0.2) is 0 Å². The Bertz CT molecular complexity index is 1290. The smallest absolute Gasteiger partial charge is 0.277 e. The molecule has 0 radical (unpaired) electrons. The third-order valence-corrected chi connectivity index (χ3v) is 5.43. The number of rotatable bonds is 6. The van der Waals surface area contributed by atoms with Gasteiger partial charge >= 0.3 is 0 Å². The fraction of sp³-hybridized carbons (Fsp3) is 0.261. The number of carbonyl (C=O) groups excluding carboxylic acids is 1. The van der Waals surface area contributed by atoms with Crippen LogP contribution in [0.1, 0.15) is 23.4 Å². The molecule has 158 valence electrons. The molecule has 0 N–H and O–H groups in total. The number of benzene rings is 2. The minimum Gasteiger partial charge on any atom is -0.341 e. The molecule has 2 aromatic heterocycles. The highest BCUT2D eigenvalue weighted by atomic mass is 16.2. The molecule has 31 heavy (non-hydrogen) atoms. The summed E-state index contributed by atoms with van der Waals surface area (Å²) >= 11 is 0. The molecular weight excluding hydrogens is 392 g/mol. The lowest BCUT2D eigenvalue weighted by Gasteiger charge is -2.18. The fourth-order valence-electron chi connectivity index (χ4n) is 3.61. The zero-order chi connectivity index (χ0) is 22.0. The second-order valence-electron chi connectivity index (χ2n) is 7.53. The Kier molecular flexibility index (Phi) is 5.62. The van der Waals surface area contributed by atoms with Crippen LogP contribution in [0, 0.1) is 13.8 Å². The second-order valence-corrected chi connectivity index (χ2v) is 7.53. The van der Waals surface area contributed by atoms with Crippen LogP contribution in [0.15, 0.2) is 59.4 Å². The quantitative estimate of drug-likeness (QED) is 0.482. The highest BCUT2D eigenvalue weighted by Gasteiger charge is 2.17. The predicted molar refractivity (Wildman–Crippen MR) is 118 cm³/mol. The van der Waals surface area contributed by atoms with Crippen LogP contribution >= 0.6 is 0 Å². The van der Waals surface area contributed by atoms with Crippen LogP contribution in [-0.2, 0) is 17.9 Å². The maximum atomic E-state index is 12.7. The first kappa shape index (κ1) is 20.5. The van der Waals surface area contributed by atoms with Crippen LogP contribution in [0.4, 0.5) is 0 Å². The van der Waals surface area contributed by atoms with Crippen molar-refractivity contribution < 1.29 is 4.79 Å². The van der Waals surface area contributed by atoms with Gasteiger partial charge in [0.1, 0.15) is 5.52 Å². The van der Waals surface area contributed by atoms with Crippen LogP contribution < -0.4 is 5.56 Å². The minimum absolute atomic E-state index is 0.0758. The zero-order valence-corrected chi connectivity index (χ0v) is 17.8. The number of para-hydroxylation sites is 1. The first-order valence-corrected chi connectivity index (χ1v) is 10.1. The molecular formula is C23H24N6O2. The van der Waals surface area contributed by atoms with Gasteiger partial charge in [-0.1, -0.05) is 35.5 Å². The average molecular weight is 416 g/mol. The Labute approximate surface area is 179 Å². The summed E-state index contributed by atoms with van der Waals surface area (Å²) in [6, 6.07) is 17.0. The van der Waals surface area contributed by atoms with Gasteiger partial charge in [0.2, 0.25) is 5.91 Å². The minimum atomic E-state index is -0.239. The Hall–Kier alpha value is -3.81. The Morgan fingerprint density at radius 1 is 1.03 bits per heavy atom. The van der Waals surface area contributed by atoms with Crippen LogP contribution in [0.3, 0.4) is 0 Å². The van der Waals surface area contributed by atoms with E-state index in [2.05, 4.69) is 15.4 Å². The number of amides is 1. The third kappa shape index (κ3) is 4.09. The predicted octanol–water partition coefficient (Wildman–Crippen LogP) is 2.64. The van der Waals surface area contributed by atoms with Gasteiger partial charge in [0, 0.05) is 31.3 Å². The standard InChI is InChI=1S/C23H24N6O2/c1-16-20(17(2)29(25-16)18-9-5-4-6-10-18)15-27(3)22(30)13-14-28-23(31)19-11-7-8-12-21(19)24-26-28/h4-12H,13-15H2,1-3H3. The van der Waals surface area contributed by atoms with Crippen molar-refractivity contribution in [3.8, 4) is 5.69 Å². The van der Waals surface area contributed by atoms with Crippen molar-refractivity contribution in [2.45, 2.75) is 33.4 Å². The number of aromatic nitrogens is 5. The second kappa shape index (κ2) is 8.51. The molecule has 0 spiro atoms. The number of carbonyl (C=O) groups is 1. The van der Waals surface area contributed by atoms with Crippen molar-refractivity contribution in [3.63, 3.8) is 0 Å². The molecule has 0 unspecified atom stereocenters. The van der Waals surface area contributed by atoms with E-state index in [0.717, 1.165) is 22.6 Å². The zero-order valence-electron chi connectivity index (χ0n) is 17.8. The van der Waals surface area contributed by atoms with Gasteiger partial charge in [0.25, 0.3) is 5.56 Å². The molecule has 0 bridgehead atoms. The lowest BCUT2D eigenvalue weighted by atomic mass is 10.2. The van der Waals surface area contributed by atoms with Crippen molar-refractivity contribution >= 4 is 16.8 Å². The van der Waals surface area contributed by atoms with Gasteiger partial charge in [-0.05, 0) is 38.1 Å². The van der Waals surface area contributed by atoms with E-state index in [1.807, 2.05) is 54.9 Å². The lowest BCUT2D eigenvalue weighted by Crippen LogP contribution is -2.30. The molecule has 1 amide bonds. The van der Waals surface area contributed by atoms with E-state index in [9.17, 15) is 9.59 Å². The largest absolute Gasteiger partial charge is 0.341 e. The molecule has 0 saturated heterocycles. The summed E-state index contributed by atoms with van der Waals surface area (Å²) in [5.74, 6) is -0.0758. The van der Waals surface area contributed by atoms with Crippen molar-refractivity contribution in [2.24, 2.45) is 0 Å². The van der Waals surface area contributed by atoms with E-state index >= 15 is 0 Å². The Morgan fingerprint density at radius 2 is 1.74 bits per heavy atom. The van der Waals surface area contributed by atoms with Gasteiger partial charge in [-0.3, -0.25) is 9.59 Å². The molecule has 0 fully saturated rings. The van der Waals surface area contributed by atoms with Crippen LogP contribution in [0.2, 0.25) is 0 Å². The van der Waals surface area contributed by atoms with Crippen LogP contribution in [-0.4, -0.2) is 42.6 Å². The molecule has 4 rings (SSSR count). The molecule has 2 heterocycles. The molecule has 0 aliphatic carbocycles.